The summed E-state index contributed by atoms with van der Waals surface area (Å²) in [6.45, 7) is 6.50. The van der Waals surface area contributed by atoms with Crippen LogP contribution in [-0.4, -0.2) is 34.9 Å². The van der Waals surface area contributed by atoms with E-state index in [0.717, 1.165) is 54.9 Å². The maximum atomic E-state index is 13.4. The number of rotatable bonds is 6. The number of aryl methyl sites for hydroxylation is 2. The van der Waals surface area contributed by atoms with Crippen LogP contribution in [0.1, 0.15) is 41.9 Å². The number of aromatic nitrogens is 1. The molecule has 1 aliphatic heterocycles. The third-order valence-corrected chi connectivity index (χ3v) is 4.53. The molecule has 0 saturated heterocycles. The first kappa shape index (κ1) is 15.9. The average Bonchev–Trinajstić information content (AvgIpc) is 2.98. The Morgan fingerprint density at radius 2 is 2.09 bits per heavy atom. The highest BCUT2D eigenvalue weighted by Crippen LogP contribution is 2.27. The maximum Gasteiger partial charge on any atom is 0.178 e. The lowest BCUT2D eigenvalue weighted by Crippen LogP contribution is -2.30. The monoisotopic (exact) mass is 314 g/mol. The number of halogens is 1. The largest absolute Gasteiger partial charge is 0.320 e. The van der Waals surface area contributed by atoms with Crippen LogP contribution in [0.4, 0.5) is 4.39 Å². The quantitative estimate of drug-likeness (QED) is 0.761. The molecule has 122 valence electrons. The number of carbonyl (C=O) groups is 1. The van der Waals surface area contributed by atoms with E-state index in [-0.39, 0.29) is 11.6 Å². The summed E-state index contributed by atoms with van der Waals surface area (Å²) in [5.41, 5.74) is 3.89. The molecule has 2 aromatic rings. The Hall–Kier alpha value is -1.94. The summed E-state index contributed by atoms with van der Waals surface area (Å²) in [5, 5.41) is 0. The van der Waals surface area contributed by atoms with Crippen molar-refractivity contribution in [1.82, 2.24) is 9.47 Å². The van der Waals surface area contributed by atoms with E-state index < -0.39 is 0 Å². The molecule has 0 radical (unpaired) electrons. The summed E-state index contributed by atoms with van der Waals surface area (Å²) in [5.74, 6) is -0.0420. The van der Waals surface area contributed by atoms with E-state index in [4.69, 9.17) is 0 Å². The Balaban J connectivity index is 1.85. The van der Waals surface area contributed by atoms with Crippen LogP contribution < -0.4 is 0 Å². The van der Waals surface area contributed by atoms with Gasteiger partial charge in [0.1, 0.15) is 5.82 Å². The van der Waals surface area contributed by atoms with Crippen molar-refractivity contribution in [1.29, 1.82) is 0 Å². The predicted octanol–water partition coefficient (Wildman–Crippen LogP) is 3.63. The van der Waals surface area contributed by atoms with Gasteiger partial charge in [-0.05, 0) is 62.2 Å². The number of Topliss-reactive ketones (excluding diaryl/α,β-unsaturated/α-hetero) is 1. The van der Waals surface area contributed by atoms with E-state index in [1.54, 1.807) is 12.1 Å². The van der Waals surface area contributed by atoms with Crippen molar-refractivity contribution in [3.63, 3.8) is 0 Å². The van der Waals surface area contributed by atoms with Gasteiger partial charge >= 0.3 is 0 Å². The fourth-order valence-corrected chi connectivity index (χ4v) is 3.29. The third-order valence-electron chi connectivity index (χ3n) is 4.53. The summed E-state index contributed by atoms with van der Waals surface area (Å²) in [4.78, 5) is 14.7. The molecule has 0 fully saturated rings. The number of hydrogen-bond donors (Lipinski definition) is 0. The van der Waals surface area contributed by atoms with Crippen molar-refractivity contribution >= 4 is 5.78 Å². The maximum absolute atomic E-state index is 13.4. The lowest BCUT2D eigenvalue weighted by Gasteiger charge is -2.19. The minimum atomic E-state index is -0.200. The van der Waals surface area contributed by atoms with E-state index in [1.807, 2.05) is 16.8 Å². The summed E-state index contributed by atoms with van der Waals surface area (Å²) >= 11 is 0. The molecule has 0 spiro atoms. The summed E-state index contributed by atoms with van der Waals surface area (Å²) in [6, 6.07) is 6.88. The fourth-order valence-electron chi connectivity index (χ4n) is 3.29. The molecule has 1 aromatic heterocycles. The molecule has 0 amide bonds. The summed E-state index contributed by atoms with van der Waals surface area (Å²) in [6.07, 6.45) is 4.62. The molecule has 0 bridgehead atoms. The number of benzene rings is 1. The van der Waals surface area contributed by atoms with Crippen molar-refractivity contribution in [3.05, 3.63) is 53.1 Å². The van der Waals surface area contributed by atoms with E-state index in [0.29, 0.717) is 6.54 Å². The Morgan fingerprint density at radius 1 is 1.26 bits per heavy atom. The number of nitrogens with zero attached hydrogens (tertiary/aromatic N) is 2. The molecular formula is C19H23FN2O. The molecule has 0 atom stereocenters. The average molecular weight is 314 g/mol. The highest BCUT2D eigenvalue weighted by molar-refractivity contribution is 5.97. The van der Waals surface area contributed by atoms with Crippen LogP contribution in [0, 0.1) is 5.82 Å². The molecule has 1 aliphatic rings. The van der Waals surface area contributed by atoms with Crippen LogP contribution in [0.3, 0.4) is 0 Å². The first-order valence-corrected chi connectivity index (χ1v) is 8.38. The summed E-state index contributed by atoms with van der Waals surface area (Å²) < 4.78 is 15.4. The van der Waals surface area contributed by atoms with Gasteiger partial charge in [0.15, 0.2) is 5.78 Å². The first-order valence-electron chi connectivity index (χ1n) is 8.38. The Morgan fingerprint density at radius 3 is 2.83 bits per heavy atom. The first-order chi connectivity index (χ1) is 11.1. The van der Waals surface area contributed by atoms with Gasteiger partial charge in [-0.2, -0.15) is 0 Å². The van der Waals surface area contributed by atoms with Gasteiger partial charge in [-0.3, -0.25) is 9.69 Å². The third kappa shape index (κ3) is 3.22. The van der Waals surface area contributed by atoms with Crippen molar-refractivity contribution < 1.29 is 9.18 Å². The predicted molar refractivity (Wildman–Crippen MR) is 89.9 cm³/mol. The molecule has 4 heteroatoms. The topological polar surface area (TPSA) is 25.2 Å². The normalized spacial score (nSPS) is 13.0. The van der Waals surface area contributed by atoms with E-state index in [9.17, 15) is 9.18 Å². The van der Waals surface area contributed by atoms with Crippen molar-refractivity contribution in [2.45, 2.75) is 33.1 Å². The highest BCUT2D eigenvalue weighted by atomic mass is 19.1. The standard InChI is InChI=1S/C19H23FN2O/c1-3-9-21(4-2)13-19(23)15-11-17-7-5-14-10-16(20)6-8-18(14)22(17)12-15/h6,8,10-12H,3-5,7,9,13H2,1-2H3. The zero-order valence-electron chi connectivity index (χ0n) is 13.8. The number of carbonyl (C=O) groups excluding carboxylic acids is 1. The zero-order valence-corrected chi connectivity index (χ0v) is 13.8. The van der Waals surface area contributed by atoms with E-state index in [2.05, 4.69) is 18.7 Å². The molecule has 2 heterocycles. The van der Waals surface area contributed by atoms with Gasteiger partial charge < -0.3 is 4.57 Å². The molecule has 0 unspecified atom stereocenters. The van der Waals surface area contributed by atoms with Gasteiger partial charge in [0, 0.05) is 23.1 Å². The Bertz CT molecular complexity index is 720. The second-order valence-corrected chi connectivity index (χ2v) is 6.16. The minimum Gasteiger partial charge on any atom is -0.320 e. The molecule has 0 saturated carbocycles. The molecule has 0 N–H and O–H groups in total. The fraction of sp³-hybridized carbons (Fsp3) is 0.421. The molecular weight excluding hydrogens is 291 g/mol. The van der Waals surface area contributed by atoms with Crippen molar-refractivity contribution in [2.24, 2.45) is 0 Å². The number of ketones is 1. The van der Waals surface area contributed by atoms with Gasteiger partial charge in [0.25, 0.3) is 0 Å². The van der Waals surface area contributed by atoms with E-state index in [1.165, 1.54) is 6.07 Å². The minimum absolute atomic E-state index is 0.158. The Kier molecular flexibility index (Phi) is 4.62. The van der Waals surface area contributed by atoms with Crippen LogP contribution in [0.15, 0.2) is 30.5 Å². The highest BCUT2D eigenvalue weighted by Gasteiger charge is 2.20. The van der Waals surface area contributed by atoms with Gasteiger partial charge in [-0.25, -0.2) is 4.39 Å². The van der Waals surface area contributed by atoms with Crippen LogP contribution >= 0.6 is 0 Å². The van der Waals surface area contributed by atoms with Crippen LogP contribution in [-0.2, 0) is 12.8 Å². The van der Waals surface area contributed by atoms with E-state index >= 15 is 0 Å². The van der Waals surface area contributed by atoms with Gasteiger partial charge in [0.05, 0.1) is 6.54 Å². The molecule has 0 aliphatic carbocycles. The molecule has 1 aromatic carbocycles. The van der Waals surface area contributed by atoms with Gasteiger partial charge in [-0.15, -0.1) is 0 Å². The number of hydrogen-bond acceptors (Lipinski definition) is 2. The number of fused-ring (bicyclic) bond motifs is 3. The second-order valence-electron chi connectivity index (χ2n) is 6.16. The van der Waals surface area contributed by atoms with Crippen LogP contribution in [0.2, 0.25) is 0 Å². The van der Waals surface area contributed by atoms with Crippen molar-refractivity contribution in [2.75, 3.05) is 19.6 Å². The zero-order chi connectivity index (χ0) is 16.4. The van der Waals surface area contributed by atoms with Gasteiger partial charge in [0.2, 0.25) is 0 Å². The number of likely N-dealkylation sites (N-methyl/N-ethyl adjacent to an activating group) is 1. The summed E-state index contributed by atoms with van der Waals surface area (Å²) in [7, 11) is 0. The lowest BCUT2D eigenvalue weighted by molar-refractivity contribution is 0.0934. The van der Waals surface area contributed by atoms with Gasteiger partial charge in [-0.1, -0.05) is 13.8 Å². The Labute approximate surface area is 136 Å². The SMILES string of the molecule is CCCN(CC)CC(=O)c1cc2n(c1)-c1ccc(F)cc1CC2. The molecule has 3 rings (SSSR count). The molecule has 3 nitrogen and oxygen atoms in total. The molecule has 23 heavy (non-hydrogen) atoms. The lowest BCUT2D eigenvalue weighted by atomic mass is 10.0. The second kappa shape index (κ2) is 6.67. The van der Waals surface area contributed by atoms with Crippen LogP contribution in [0.25, 0.3) is 5.69 Å². The smallest absolute Gasteiger partial charge is 0.178 e. The van der Waals surface area contributed by atoms with Crippen molar-refractivity contribution in [3.8, 4) is 5.69 Å². The van der Waals surface area contributed by atoms with Crippen LogP contribution in [0.5, 0.6) is 0 Å².